The first kappa shape index (κ1) is 8.65. The molecular weight excluding hydrogens is 166 g/mol. The van der Waals surface area contributed by atoms with Gasteiger partial charge in [0.05, 0.1) is 6.54 Å². The summed E-state index contributed by atoms with van der Waals surface area (Å²) in [7, 11) is 1.94. The average molecular weight is 181 g/mol. The molecule has 1 saturated heterocycles. The molecule has 5 heteroatoms. The van der Waals surface area contributed by atoms with Crippen LogP contribution in [0.4, 0.5) is 0 Å². The Kier molecular flexibility index (Phi) is 2.56. The molecule has 5 nitrogen and oxygen atoms in total. The van der Waals surface area contributed by atoms with Gasteiger partial charge >= 0.3 is 0 Å². The largest absolute Gasteiger partial charge is 0.314 e. The van der Waals surface area contributed by atoms with Crippen molar-refractivity contribution in [2.75, 3.05) is 26.2 Å². The van der Waals surface area contributed by atoms with E-state index in [0.29, 0.717) is 0 Å². The topological polar surface area (TPSA) is 46.0 Å². The highest BCUT2D eigenvalue weighted by atomic mass is 15.3. The Balaban J connectivity index is 1.93. The molecule has 2 rings (SSSR count). The molecule has 1 aromatic rings. The van der Waals surface area contributed by atoms with Crippen LogP contribution in [0.2, 0.25) is 0 Å². The quantitative estimate of drug-likeness (QED) is 0.650. The van der Waals surface area contributed by atoms with Crippen molar-refractivity contribution in [2.45, 2.75) is 6.54 Å². The zero-order valence-electron chi connectivity index (χ0n) is 7.90. The monoisotopic (exact) mass is 181 g/mol. The molecule has 0 bridgehead atoms. The lowest BCUT2D eigenvalue weighted by atomic mass is 10.3. The molecule has 13 heavy (non-hydrogen) atoms. The molecule has 1 fully saturated rings. The second-order valence-corrected chi connectivity index (χ2v) is 3.33. The Labute approximate surface area is 77.8 Å². The Bertz CT molecular complexity index is 263. The van der Waals surface area contributed by atoms with Crippen LogP contribution in [0.15, 0.2) is 6.33 Å². The van der Waals surface area contributed by atoms with Crippen LogP contribution in [-0.2, 0) is 13.6 Å². The van der Waals surface area contributed by atoms with Crippen molar-refractivity contribution in [1.82, 2.24) is 25.0 Å². The second-order valence-electron chi connectivity index (χ2n) is 3.33. The lowest BCUT2D eigenvalue weighted by molar-refractivity contribution is 0.225. The Hall–Kier alpha value is -0.940. The molecule has 72 valence electrons. The fraction of sp³-hybridized carbons (Fsp3) is 0.750. The third-order valence-electron chi connectivity index (χ3n) is 2.38. The summed E-state index contributed by atoms with van der Waals surface area (Å²) >= 11 is 0. The summed E-state index contributed by atoms with van der Waals surface area (Å²) in [5.74, 6) is 1.04. The van der Waals surface area contributed by atoms with Gasteiger partial charge in [-0.15, -0.1) is 0 Å². The van der Waals surface area contributed by atoms with Crippen molar-refractivity contribution < 1.29 is 0 Å². The maximum atomic E-state index is 4.20. The third-order valence-corrected chi connectivity index (χ3v) is 2.38. The van der Waals surface area contributed by atoms with Crippen LogP contribution in [0.3, 0.4) is 0 Å². The standard InChI is InChI=1S/C8H15N5/c1-12-8(10-7-11-12)6-13-4-2-9-3-5-13/h7,9H,2-6H2,1H3. The second kappa shape index (κ2) is 3.85. The first-order valence-electron chi connectivity index (χ1n) is 4.62. The summed E-state index contributed by atoms with van der Waals surface area (Å²) in [6.45, 7) is 5.29. The first-order chi connectivity index (χ1) is 6.36. The molecular formula is C8H15N5. The van der Waals surface area contributed by atoms with Gasteiger partial charge in [-0.2, -0.15) is 5.10 Å². The molecule has 0 amide bonds. The van der Waals surface area contributed by atoms with Crippen LogP contribution in [0, 0.1) is 0 Å². The minimum atomic E-state index is 0.915. The van der Waals surface area contributed by atoms with E-state index in [0.717, 1.165) is 38.5 Å². The molecule has 0 saturated carbocycles. The molecule has 0 radical (unpaired) electrons. The van der Waals surface area contributed by atoms with Gasteiger partial charge in [0, 0.05) is 33.2 Å². The van der Waals surface area contributed by atoms with Gasteiger partial charge in [0.1, 0.15) is 12.2 Å². The zero-order chi connectivity index (χ0) is 9.10. The van der Waals surface area contributed by atoms with Crippen LogP contribution in [0.25, 0.3) is 0 Å². The van der Waals surface area contributed by atoms with Crippen molar-refractivity contribution in [3.8, 4) is 0 Å². The molecule has 0 unspecified atom stereocenters. The van der Waals surface area contributed by atoms with Crippen LogP contribution in [-0.4, -0.2) is 45.8 Å². The summed E-state index contributed by atoms with van der Waals surface area (Å²) in [6, 6.07) is 0. The van der Waals surface area contributed by atoms with Crippen molar-refractivity contribution in [2.24, 2.45) is 7.05 Å². The number of piperazine rings is 1. The molecule has 0 aromatic carbocycles. The molecule has 1 aliphatic heterocycles. The Morgan fingerprint density at radius 2 is 2.23 bits per heavy atom. The molecule has 0 spiro atoms. The van der Waals surface area contributed by atoms with E-state index >= 15 is 0 Å². The summed E-state index contributed by atoms with van der Waals surface area (Å²) in [4.78, 5) is 6.59. The van der Waals surface area contributed by atoms with Crippen molar-refractivity contribution in [3.63, 3.8) is 0 Å². The van der Waals surface area contributed by atoms with E-state index in [4.69, 9.17) is 0 Å². The normalized spacial score (nSPS) is 19.2. The lowest BCUT2D eigenvalue weighted by Gasteiger charge is -2.26. The van der Waals surface area contributed by atoms with Gasteiger partial charge in [-0.25, -0.2) is 4.98 Å². The third kappa shape index (κ3) is 2.05. The van der Waals surface area contributed by atoms with E-state index in [1.54, 1.807) is 6.33 Å². The van der Waals surface area contributed by atoms with Crippen LogP contribution in [0.5, 0.6) is 0 Å². The van der Waals surface area contributed by atoms with E-state index in [1.165, 1.54) is 0 Å². The first-order valence-corrected chi connectivity index (χ1v) is 4.62. The molecule has 1 aliphatic rings. The fourth-order valence-corrected chi connectivity index (χ4v) is 1.53. The van der Waals surface area contributed by atoms with Gasteiger partial charge in [0.25, 0.3) is 0 Å². The van der Waals surface area contributed by atoms with Gasteiger partial charge in [0.2, 0.25) is 0 Å². The van der Waals surface area contributed by atoms with Crippen LogP contribution >= 0.6 is 0 Å². The summed E-state index contributed by atoms with van der Waals surface area (Å²) < 4.78 is 1.84. The SMILES string of the molecule is Cn1ncnc1CN1CCNCC1. The lowest BCUT2D eigenvalue weighted by Crippen LogP contribution is -2.43. The minimum Gasteiger partial charge on any atom is -0.314 e. The molecule has 0 aliphatic carbocycles. The van der Waals surface area contributed by atoms with Gasteiger partial charge in [-0.3, -0.25) is 9.58 Å². The van der Waals surface area contributed by atoms with Gasteiger partial charge in [0.15, 0.2) is 0 Å². The van der Waals surface area contributed by atoms with E-state index in [9.17, 15) is 0 Å². The predicted molar refractivity (Wildman–Crippen MR) is 49.1 cm³/mol. The maximum absolute atomic E-state index is 4.20. The van der Waals surface area contributed by atoms with Gasteiger partial charge in [-0.1, -0.05) is 0 Å². The van der Waals surface area contributed by atoms with E-state index in [1.807, 2.05) is 11.7 Å². The highest BCUT2D eigenvalue weighted by Crippen LogP contribution is 2.00. The predicted octanol–water partition coefficient (Wildman–Crippen LogP) is -0.780. The number of aryl methyl sites for hydroxylation is 1. The fourth-order valence-electron chi connectivity index (χ4n) is 1.53. The van der Waals surface area contributed by atoms with E-state index < -0.39 is 0 Å². The number of hydrogen-bond donors (Lipinski definition) is 1. The van der Waals surface area contributed by atoms with Crippen LogP contribution < -0.4 is 5.32 Å². The van der Waals surface area contributed by atoms with E-state index in [2.05, 4.69) is 20.3 Å². The highest BCUT2D eigenvalue weighted by molar-refractivity contribution is 4.84. The Morgan fingerprint density at radius 1 is 1.46 bits per heavy atom. The number of nitrogens with one attached hydrogen (secondary N) is 1. The number of nitrogens with zero attached hydrogens (tertiary/aromatic N) is 4. The van der Waals surface area contributed by atoms with E-state index in [-0.39, 0.29) is 0 Å². The number of aromatic nitrogens is 3. The van der Waals surface area contributed by atoms with Crippen molar-refractivity contribution >= 4 is 0 Å². The smallest absolute Gasteiger partial charge is 0.140 e. The molecule has 0 atom stereocenters. The average Bonchev–Trinajstić information content (AvgIpc) is 2.54. The summed E-state index contributed by atoms with van der Waals surface area (Å²) in [5.41, 5.74) is 0. The summed E-state index contributed by atoms with van der Waals surface area (Å²) in [6.07, 6.45) is 1.61. The summed E-state index contributed by atoms with van der Waals surface area (Å²) in [5, 5.41) is 7.37. The molecule has 1 N–H and O–H groups in total. The molecule has 1 aromatic heterocycles. The number of hydrogen-bond acceptors (Lipinski definition) is 4. The maximum Gasteiger partial charge on any atom is 0.140 e. The minimum absolute atomic E-state index is 0.915. The van der Waals surface area contributed by atoms with Crippen molar-refractivity contribution in [1.29, 1.82) is 0 Å². The van der Waals surface area contributed by atoms with Crippen LogP contribution in [0.1, 0.15) is 5.82 Å². The van der Waals surface area contributed by atoms with Gasteiger partial charge < -0.3 is 5.32 Å². The Morgan fingerprint density at radius 3 is 2.85 bits per heavy atom. The van der Waals surface area contributed by atoms with Gasteiger partial charge in [-0.05, 0) is 0 Å². The van der Waals surface area contributed by atoms with Crippen molar-refractivity contribution in [3.05, 3.63) is 12.2 Å². The number of rotatable bonds is 2. The zero-order valence-corrected chi connectivity index (χ0v) is 7.90. The highest BCUT2D eigenvalue weighted by Gasteiger charge is 2.11. The molecule has 2 heterocycles.